The van der Waals surface area contributed by atoms with E-state index in [1.54, 1.807) is 12.1 Å². The molecule has 0 bridgehead atoms. The number of urea groups is 1. The van der Waals surface area contributed by atoms with Gasteiger partial charge in [-0.3, -0.25) is 4.90 Å². The van der Waals surface area contributed by atoms with E-state index in [1.165, 1.54) is 12.1 Å². The van der Waals surface area contributed by atoms with E-state index in [2.05, 4.69) is 34.2 Å². The molecule has 36 heavy (non-hydrogen) atoms. The molecule has 2 aliphatic heterocycles. The zero-order valence-electron chi connectivity index (χ0n) is 20.1. The molecule has 184 valence electrons. The molecule has 3 aromatic rings. The monoisotopic (exact) mass is 483 g/mol. The molecule has 5 nitrogen and oxygen atoms in total. The fourth-order valence-corrected chi connectivity index (χ4v) is 5.32. The molecule has 3 aromatic carbocycles. The number of anilines is 1. The van der Waals surface area contributed by atoms with E-state index in [4.69, 9.17) is 0 Å². The molecule has 0 saturated carbocycles. The minimum absolute atomic E-state index is 0.0383. The summed E-state index contributed by atoms with van der Waals surface area (Å²) < 4.78 is 13.2. The van der Waals surface area contributed by atoms with Crippen molar-refractivity contribution in [3.63, 3.8) is 0 Å². The van der Waals surface area contributed by atoms with E-state index in [0.717, 1.165) is 36.1 Å². The van der Waals surface area contributed by atoms with Crippen LogP contribution in [-0.4, -0.2) is 59.3 Å². The predicted octanol–water partition coefficient (Wildman–Crippen LogP) is 4.68. The average Bonchev–Trinajstić information content (AvgIpc) is 2.89. The number of benzene rings is 3. The number of fused-ring (bicyclic) bond motifs is 1. The molecule has 0 unspecified atom stereocenters. The summed E-state index contributed by atoms with van der Waals surface area (Å²) in [4.78, 5) is 17.2. The van der Waals surface area contributed by atoms with Crippen molar-refractivity contribution in [1.82, 2.24) is 9.80 Å². The van der Waals surface area contributed by atoms with Crippen LogP contribution in [0.15, 0.2) is 78.9 Å². The molecular weight excluding hydrogens is 453 g/mol. The first-order chi connectivity index (χ1) is 17.6. The average molecular weight is 484 g/mol. The third-order valence-electron chi connectivity index (χ3n) is 7.17. The second-order valence-corrected chi connectivity index (χ2v) is 9.41. The summed E-state index contributed by atoms with van der Waals surface area (Å²) in [6.07, 6.45) is 1.87. The van der Waals surface area contributed by atoms with Gasteiger partial charge in [-0.25, -0.2) is 9.18 Å². The van der Waals surface area contributed by atoms with Gasteiger partial charge >= 0.3 is 6.03 Å². The van der Waals surface area contributed by atoms with Gasteiger partial charge in [0.25, 0.3) is 0 Å². The van der Waals surface area contributed by atoms with E-state index >= 15 is 0 Å². The molecule has 2 N–H and O–H groups in total. The topological polar surface area (TPSA) is 55.8 Å². The lowest BCUT2D eigenvalue weighted by atomic mass is 9.74. The first-order valence-corrected chi connectivity index (χ1v) is 12.5. The van der Waals surface area contributed by atoms with E-state index in [1.807, 2.05) is 47.4 Å². The van der Waals surface area contributed by atoms with E-state index in [9.17, 15) is 14.3 Å². The quantitative estimate of drug-likeness (QED) is 0.532. The maximum Gasteiger partial charge on any atom is 0.321 e. The Labute approximate surface area is 211 Å². The molecule has 0 aromatic heterocycles. The van der Waals surface area contributed by atoms with Crippen LogP contribution in [0.5, 0.6) is 0 Å². The van der Waals surface area contributed by atoms with Crippen LogP contribution in [0.25, 0.3) is 0 Å². The minimum Gasteiger partial charge on any atom is -0.395 e. The number of carbonyl (C=O) groups excluding carboxylic acids is 1. The first kappa shape index (κ1) is 24.1. The molecule has 2 aliphatic rings. The molecule has 3 atom stereocenters. The highest BCUT2D eigenvalue weighted by molar-refractivity contribution is 5.89. The van der Waals surface area contributed by atoms with Crippen molar-refractivity contribution in [3.05, 3.63) is 101 Å². The number of amides is 2. The lowest BCUT2D eigenvalue weighted by molar-refractivity contribution is -0.0585. The van der Waals surface area contributed by atoms with Gasteiger partial charge in [0.05, 0.1) is 6.61 Å². The molecule has 0 radical (unpaired) electrons. The third-order valence-corrected chi connectivity index (χ3v) is 7.17. The number of hydrogen-bond donors (Lipinski definition) is 2. The van der Waals surface area contributed by atoms with Crippen LogP contribution >= 0.6 is 0 Å². The molecule has 2 saturated heterocycles. The number of halogens is 1. The Kier molecular flexibility index (Phi) is 7.31. The van der Waals surface area contributed by atoms with Gasteiger partial charge < -0.3 is 15.3 Å². The number of carbonyl (C=O) groups is 1. The normalized spacial score (nSPS) is 21.7. The minimum atomic E-state index is -0.334. The lowest BCUT2D eigenvalue weighted by Gasteiger charge is -2.57. The smallest absolute Gasteiger partial charge is 0.321 e. The lowest BCUT2D eigenvalue weighted by Crippen LogP contribution is -2.68. The summed E-state index contributed by atoms with van der Waals surface area (Å²) in [5.74, 6) is 6.20. The molecule has 0 spiro atoms. The van der Waals surface area contributed by atoms with Crippen molar-refractivity contribution < 1.29 is 14.3 Å². The summed E-state index contributed by atoms with van der Waals surface area (Å²) in [5, 5.41) is 13.1. The Bertz CT molecular complexity index is 1240. The fraction of sp³-hybridized carbons (Fsp3) is 0.300. The van der Waals surface area contributed by atoms with Crippen molar-refractivity contribution in [2.75, 3.05) is 31.6 Å². The summed E-state index contributed by atoms with van der Waals surface area (Å²) >= 11 is 0. The molecule has 2 heterocycles. The summed E-state index contributed by atoms with van der Waals surface area (Å²) in [6, 6.07) is 24.0. The Hall–Kier alpha value is -3.66. The largest absolute Gasteiger partial charge is 0.395 e. The van der Waals surface area contributed by atoms with Crippen LogP contribution < -0.4 is 5.32 Å². The van der Waals surface area contributed by atoms with Crippen molar-refractivity contribution in [2.45, 2.75) is 30.8 Å². The van der Waals surface area contributed by atoms with E-state index in [-0.39, 0.29) is 36.5 Å². The summed E-state index contributed by atoms with van der Waals surface area (Å²) in [6.45, 7) is 2.24. The van der Waals surface area contributed by atoms with E-state index in [0.29, 0.717) is 18.8 Å². The highest BCUT2D eigenvalue weighted by Gasteiger charge is 2.49. The predicted molar refractivity (Wildman–Crippen MR) is 139 cm³/mol. The van der Waals surface area contributed by atoms with Gasteiger partial charge in [-0.2, -0.15) is 0 Å². The Balaban J connectivity index is 1.31. The van der Waals surface area contributed by atoms with E-state index < -0.39 is 0 Å². The SMILES string of the molecule is O=C(Nc1ccc(F)cc1)N1CCCCN2[C@H](CO)[C@@H](c3ccc(C#Cc4ccccc4)cc3)[C@H]2C1. The maximum atomic E-state index is 13.2. The van der Waals surface area contributed by atoms with Gasteiger partial charge in [-0.05, 0) is 73.5 Å². The molecule has 2 fully saturated rings. The van der Waals surface area contributed by atoms with Crippen molar-refractivity contribution >= 4 is 11.7 Å². The zero-order valence-corrected chi connectivity index (χ0v) is 20.1. The number of hydrogen-bond acceptors (Lipinski definition) is 3. The van der Waals surface area contributed by atoms with Crippen LogP contribution in [0.2, 0.25) is 0 Å². The van der Waals surface area contributed by atoms with Crippen molar-refractivity contribution in [3.8, 4) is 11.8 Å². The van der Waals surface area contributed by atoms with Gasteiger partial charge in [0.2, 0.25) is 0 Å². The second kappa shape index (κ2) is 10.9. The number of rotatable bonds is 3. The van der Waals surface area contributed by atoms with Crippen LogP contribution in [0.3, 0.4) is 0 Å². The van der Waals surface area contributed by atoms with Gasteiger partial charge in [-0.1, -0.05) is 42.2 Å². The molecule has 2 amide bonds. The highest BCUT2D eigenvalue weighted by atomic mass is 19.1. The van der Waals surface area contributed by atoms with Gasteiger partial charge in [-0.15, -0.1) is 0 Å². The van der Waals surface area contributed by atoms with Gasteiger partial charge in [0, 0.05) is 47.9 Å². The number of nitrogens with zero attached hydrogens (tertiary/aromatic N) is 2. The third kappa shape index (κ3) is 5.28. The molecule has 5 rings (SSSR count). The number of aliphatic hydroxyl groups excluding tert-OH is 1. The molecular formula is C30H30FN3O2. The Morgan fingerprint density at radius 2 is 1.58 bits per heavy atom. The van der Waals surface area contributed by atoms with Crippen molar-refractivity contribution in [1.29, 1.82) is 0 Å². The maximum absolute atomic E-state index is 13.2. The standard InChI is InChI=1S/C30H30FN3O2/c31-25-14-16-26(17-15-25)32-30(36)33-18-4-5-19-34-27(20-33)29(28(34)21-35)24-12-10-23(11-13-24)9-8-22-6-2-1-3-7-22/h1-3,6-7,10-17,27-29,35H,4-5,18-21H2,(H,32,36)/t27-,28-,29+/m1/s1. The Morgan fingerprint density at radius 1 is 0.917 bits per heavy atom. The highest BCUT2D eigenvalue weighted by Crippen LogP contribution is 2.42. The summed E-state index contributed by atoms with van der Waals surface area (Å²) in [7, 11) is 0. The molecule has 6 heteroatoms. The zero-order chi connectivity index (χ0) is 24.9. The van der Waals surface area contributed by atoms with Crippen LogP contribution in [0.1, 0.15) is 35.4 Å². The number of nitrogens with one attached hydrogen (secondary N) is 1. The van der Waals surface area contributed by atoms with Crippen LogP contribution in [0, 0.1) is 17.7 Å². The van der Waals surface area contributed by atoms with Crippen molar-refractivity contribution in [2.24, 2.45) is 0 Å². The van der Waals surface area contributed by atoms with Gasteiger partial charge in [0.15, 0.2) is 0 Å². The van der Waals surface area contributed by atoms with Crippen LogP contribution in [-0.2, 0) is 0 Å². The first-order valence-electron chi connectivity index (χ1n) is 12.5. The second-order valence-electron chi connectivity index (χ2n) is 9.41. The summed E-state index contributed by atoms with van der Waals surface area (Å²) in [5.41, 5.74) is 3.65. The van der Waals surface area contributed by atoms with Crippen LogP contribution in [0.4, 0.5) is 14.9 Å². The fourth-order valence-electron chi connectivity index (χ4n) is 5.32. The van der Waals surface area contributed by atoms with Gasteiger partial charge in [0.1, 0.15) is 5.82 Å². The molecule has 0 aliphatic carbocycles. The Morgan fingerprint density at radius 3 is 2.28 bits per heavy atom. The number of aliphatic hydroxyl groups is 1.